The average molecular weight is 241 g/mol. The fraction of sp³-hybridized carbons (Fsp3) is 0.583. The van der Waals surface area contributed by atoms with Crippen LogP contribution in [0.4, 0.5) is 0 Å². The molecule has 1 aromatic rings. The van der Waals surface area contributed by atoms with E-state index in [2.05, 4.69) is 10.3 Å². The third-order valence-electron chi connectivity index (χ3n) is 2.89. The van der Waals surface area contributed by atoms with E-state index in [0.29, 0.717) is 6.04 Å². The maximum absolute atomic E-state index is 6.13. The molecule has 1 aliphatic carbocycles. The summed E-state index contributed by atoms with van der Waals surface area (Å²) in [7, 11) is 0. The number of halogens is 1. The number of rotatable bonds is 5. The molecule has 88 valence electrons. The molecule has 1 atom stereocenters. The van der Waals surface area contributed by atoms with Gasteiger partial charge in [-0.15, -0.1) is 0 Å². The minimum atomic E-state index is 0.342. The van der Waals surface area contributed by atoms with Crippen molar-refractivity contribution in [1.82, 2.24) is 10.3 Å². The number of fused-ring (bicyclic) bond motifs is 1. The number of nitrogens with zero attached hydrogens (tertiary/aromatic N) is 1. The summed E-state index contributed by atoms with van der Waals surface area (Å²) in [4.78, 5) is 4.41. The van der Waals surface area contributed by atoms with Crippen molar-refractivity contribution < 1.29 is 4.74 Å². The average Bonchev–Trinajstić information content (AvgIpc) is 2.70. The molecule has 0 saturated carbocycles. The summed E-state index contributed by atoms with van der Waals surface area (Å²) in [6.45, 7) is 4.40. The first-order valence-electron chi connectivity index (χ1n) is 5.77. The molecule has 0 radical (unpaired) electrons. The lowest BCUT2D eigenvalue weighted by Gasteiger charge is -2.12. The van der Waals surface area contributed by atoms with Gasteiger partial charge >= 0.3 is 0 Å². The molecule has 0 aliphatic heterocycles. The van der Waals surface area contributed by atoms with Crippen LogP contribution in [-0.4, -0.2) is 24.7 Å². The zero-order valence-corrected chi connectivity index (χ0v) is 10.3. The third kappa shape index (κ3) is 2.54. The Hall–Kier alpha value is -0.640. The van der Waals surface area contributed by atoms with Crippen molar-refractivity contribution in [2.45, 2.75) is 25.8 Å². The second-order valence-corrected chi connectivity index (χ2v) is 4.31. The molecule has 2 rings (SSSR count). The molecule has 0 bridgehead atoms. The Morgan fingerprint density at radius 2 is 2.50 bits per heavy atom. The van der Waals surface area contributed by atoms with E-state index in [1.165, 1.54) is 5.56 Å². The van der Waals surface area contributed by atoms with Gasteiger partial charge < -0.3 is 10.1 Å². The summed E-state index contributed by atoms with van der Waals surface area (Å²) in [6, 6.07) is 2.21. The molecule has 0 spiro atoms. The highest BCUT2D eigenvalue weighted by atomic mass is 35.5. The van der Waals surface area contributed by atoms with Gasteiger partial charge in [-0.3, -0.25) is 4.98 Å². The summed E-state index contributed by atoms with van der Waals surface area (Å²) < 4.78 is 5.30. The van der Waals surface area contributed by atoms with Crippen molar-refractivity contribution in [2.75, 3.05) is 19.8 Å². The molecular weight excluding hydrogens is 224 g/mol. The van der Waals surface area contributed by atoms with Crippen molar-refractivity contribution in [1.29, 1.82) is 0 Å². The monoisotopic (exact) mass is 240 g/mol. The van der Waals surface area contributed by atoms with Gasteiger partial charge in [0.15, 0.2) is 0 Å². The van der Waals surface area contributed by atoms with E-state index in [9.17, 15) is 0 Å². The molecule has 0 amide bonds. The third-order valence-corrected chi connectivity index (χ3v) is 3.24. The van der Waals surface area contributed by atoms with Gasteiger partial charge in [0.2, 0.25) is 0 Å². The number of aromatic nitrogens is 1. The smallest absolute Gasteiger partial charge is 0.0620 e. The summed E-state index contributed by atoms with van der Waals surface area (Å²) in [5.74, 6) is 0. The molecule has 0 fully saturated rings. The van der Waals surface area contributed by atoms with Gasteiger partial charge in [-0.05, 0) is 31.4 Å². The van der Waals surface area contributed by atoms with Crippen LogP contribution in [0.25, 0.3) is 0 Å². The molecule has 1 unspecified atom stereocenters. The minimum Gasteiger partial charge on any atom is -0.380 e. The predicted molar refractivity (Wildman–Crippen MR) is 64.8 cm³/mol. The van der Waals surface area contributed by atoms with Crippen LogP contribution in [0.3, 0.4) is 0 Å². The van der Waals surface area contributed by atoms with Crippen LogP contribution in [0.2, 0.25) is 5.02 Å². The maximum Gasteiger partial charge on any atom is 0.0620 e. The fourth-order valence-corrected chi connectivity index (χ4v) is 2.35. The first kappa shape index (κ1) is 11.8. The molecule has 0 saturated heterocycles. The molecule has 1 N–H and O–H groups in total. The summed E-state index contributed by atoms with van der Waals surface area (Å²) in [5.41, 5.74) is 2.32. The Bertz CT molecular complexity index is 357. The van der Waals surface area contributed by atoms with E-state index in [-0.39, 0.29) is 0 Å². The second-order valence-electron chi connectivity index (χ2n) is 3.90. The number of hydrogen-bond acceptors (Lipinski definition) is 3. The Kier molecular flexibility index (Phi) is 4.16. The lowest BCUT2D eigenvalue weighted by atomic mass is 10.2. The van der Waals surface area contributed by atoms with Crippen LogP contribution in [0.15, 0.2) is 12.3 Å². The van der Waals surface area contributed by atoms with Crippen LogP contribution in [0.1, 0.15) is 30.6 Å². The minimum absolute atomic E-state index is 0.342. The largest absolute Gasteiger partial charge is 0.380 e. The van der Waals surface area contributed by atoms with E-state index in [4.69, 9.17) is 16.3 Å². The van der Waals surface area contributed by atoms with Gasteiger partial charge in [0.05, 0.1) is 18.3 Å². The Morgan fingerprint density at radius 3 is 3.31 bits per heavy atom. The number of hydrogen-bond donors (Lipinski definition) is 1. The summed E-state index contributed by atoms with van der Waals surface area (Å²) in [5, 5.41) is 4.30. The molecule has 1 aliphatic rings. The quantitative estimate of drug-likeness (QED) is 0.803. The zero-order chi connectivity index (χ0) is 11.4. The lowest BCUT2D eigenvalue weighted by molar-refractivity contribution is 0.146. The van der Waals surface area contributed by atoms with Crippen LogP contribution in [0.5, 0.6) is 0 Å². The molecular formula is C12H17ClN2O. The van der Waals surface area contributed by atoms with Crippen molar-refractivity contribution in [3.05, 3.63) is 28.5 Å². The Balaban J connectivity index is 1.93. The highest BCUT2D eigenvalue weighted by Gasteiger charge is 2.24. The highest BCUT2D eigenvalue weighted by Crippen LogP contribution is 2.33. The van der Waals surface area contributed by atoms with Gasteiger partial charge in [-0.2, -0.15) is 0 Å². The van der Waals surface area contributed by atoms with Crippen molar-refractivity contribution >= 4 is 11.6 Å². The zero-order valence-electron chi connectivity index (χ0n) is 9.50. The number of pyridine rings is 1. The van der Waals surface area contributed by atoms with Gasteiger partial charge in [0.25, 0.3) is 0 Å². The molecule has 4 heteroatoms. The lowest BCUT2D eigenvalue weighted by Crippen LogP contribution is -2.24. The van der Waals surface area contributed by atoms with E-state index < -0.39 is 0 Å². The standard InChI is InChI=1S/C12H17ClN2O/c1-2-16-8-7-14-11-4-3-9-10(13)5-6-15-12(9)11/h5-6,11,14H,2-4,7-8H2,1H3. The first-order chi connectivity index (χ1) is 7.83. The molecule has 1 aromatic heterocycles. The van der Waals surface area contributed by atoms with E-state index >= 15 is 0 Å². The SMILES string of the molecule is CCOCCNC1CCc2c(Cl)ccnc21. The van der Waals surface area contributed by atoms with Crippen LogP contribution in [-0.2, 0) is 11.2 Å². The van der Waals surface area contributed by atoms with Gasteiger partial charge in [-0.25, -0.2) is 0 Å². The molecule has 16 heavy (non-hydrogen) atoms. The maximum atomic E-state index is 6.13. The fourth-order valence-electron chi connectivity index (χ4n) is 2.11. The number of nitrogens with one attached hydrogen (secondary N) is 1. The van der Waals surface area contributed by atoms with E-state index in [1.54, 1.807) is 6.20 Å². The molecule has 3 nitrogen and oxygen atoms in total. The van der Waals surface area contributed by atoms with Crippen molar-refractivity contribution in [3.63, 3.8) is 0 Å². The highest BCUT2D eigenvalue weighted by molar-refractivity contribution is 6.31. The predicted octanol–water partition coefficient (Wildman–Crippen LogP) is 2.35. The molecule has 1 heterocycles. The van der Waals surface area contributed by atoms with Crippen molar-refractivity contribution in [3.8, 4) is 0 Å². The van der Waals surface area contributed by atoms with E-state index in [1.807, 2.05) is 13.0 Å². The van der Waals surface area contributed by atoms with Gasteiger partial charge in [0, 0.05) is 24.4 Å². The van der Waals surface area contributed by atoms with Gasteiger partial charge in [-0.1, -0.05) is 11.6 Å². The Morgan fingerprint density at radius 1 is 1.62 bits per heavy atom. The Labute approximate surface area is 101 Å². The summed E-state index contributed by atoms with van der Waals surface area (Å²) >= 11 is 6.13. The number of ether oxygens (including phenoxy) is 1. The van der Waals surface area contributed by atoms with E-state index in [0.717, 1.165) is 43.3 Å². The summed E-state index contributed by atoms with van der Waals surface area (Å²) in [6.07, 6.45) is 3.89. The second kappa shape index (κ2) is 5.62. The molecule has 0 aromatic carbocycles. The topological polar surface area (TPSA) is 34.1 Å². The van der Waals surface area contributed by atoms with Crippen LogP contribution in [0, 0.1) is 0 Å². The first-order valence-corrected chi connectivity index (χ1v) is 6.15. The normalized spacial score (nSPS) is 18.8. The van der Waals surface area contributed by atoms with Crippen LogP contribution >= 0.6 is 11.6 Å². The van der Waals surface area contributed by atoms with Crippen molar-refractivity contribution in [2.24, 2.45) is 0 Å². The van der Waals surface area contributed by atoms with Gasteiger partial charge in [0.1, 0.15) is 0 Å². The van der Waals surface area contributed by atoms with Crippen LogP contribution < -0.4 is 5.32 Å².